The Morgan fingerprint density at radius 3 is 2.35 bits per heavy atom. The molecular formula is C16H18N2O2. The zero-order valence-corrected chi connectivity index (χ0v) is 11.5. The van der Waals surface area contributed by atoms with E-state index in [9.17, 15) is 9.59 Å². The fraction of sp³-hybridized carbons (Fsp3) is 0.375. The molecule has 20 heavy (non-hydrogen) atoms. The number of nitrogens with zero attached hydrogens (tertiary/aromatic N) is 2. The van der Waals surface area contributed by atoms with Crippen LogP contribution in [0.5, 0.6) is 0 Å². The van der Waals surface area contributed by atoms with Gasteiger partial charge in [-0.25, -0.2) is 0 Å². The zero-order valence-electron chi connectivity index (χ0n) is 11.5. The maximum Gasteiger partial charge on any atom is 0.253 e. The standard InChI is InChI=1S/C16H18N2O2/c1-12-9-17(10-13-5-3-2-4-6-13)11-14(12)18-15(19)7-8-16(18)20/h2-8,12,14H,9-11H2,1H3. The van der Waals surface area contributed by atoms with E-state index in [1.54, 1.807) is 0 Å². The second-order valence-corrected chi connectivity index (χ2v) is 5.60. The third kappa shape index (κ3) is 2.39. The van der Waals surface area contributed by atoms with E-state index in [2.05, 4.69) is 24.0 Å². The van der Waals surface area contributed by atoms with Crippen molar-refractivity contribution in [3.8, 4) is 0 Å². The van der Waals surface area contributed by atoms with Crippen LogP contribution in [-0.4, -0.2) is 40.7 Å². The normalized spacial score (nSPS) is 26.8. The van der Waals surface area contributed by atoms with E-state index in [1.807, 2.05) is 18.2 Å². The van der Waals surface area contributed by atoms with E-state index < -0.39 is 0 Å². The maximum absolute atomic E-state index is 11.8. The minimum Gasteiger partial charge on any atom is -0.297 e. The number of likely N-dealkylation sites (tertiary alicyclic amines) is 1. The predicted octanol–water partition coefficient (Wildman–Crippen LogP) is 1.43. The van der Waals surface area contributed by atoms with Gasteiger partial charge in [0.1, 0.15) is 0 Å². The number of hydrogen-bond acceptors (Lipinski definition) is 3. The molecule has 0 bridgehead atoms. The summed E-state index contributed by atoms with van der Waals surface area (Å²) >= 11 is 0. The molecule has 1 fully saturated rings. The van der Waals surface area contributed by atoms with Crippen LogP contribution in [0, 0.1) is 5.92 Å². The molecule has 0 aliphatic carbocycles. The Morgan fingerprint density at radius 2 is 1.70 bits per heavy atom. The minimum absolute atomic E-state index is 0.00582. The lowest BCUT2D eigenvalue weighted by Gasteiger charge is -2.25. The quantitative estimate of drug-likeness (QED) is 0.780. The molecule has 3 rings (SSSR count). The molecule has 0 spiro atoms. The number of rotatable bonds is 3. The van der Waals surface area contributed by atoms with Gasteiger partial charge in [-0.3, -0.25) is 19.4 Å². The third-order valence-electron chi connectivity index (χ3n) is 4.07. The van der Waals surface area contributed by atoms with Gasteiger partial charge in [0.25, 0.3) is 11.8 Å². The van der Waals surface area contributed by atoms with E-state index in [1.165, 1.54) is 22.6 Å². The summed E-state index contributed by atoms with van der Waals surface area (Å²) in [5.41, 5.74) is 1.26. The molecular weight excluding hydrogens is 252 g/mol. The highest BCUT2D eigenvalue weighted by Gasteiger charge is 2.39. The van der Waals surface area contributed by atoms with Crippen LogP contribution in [0.15, 0.2) is 42.5 Å². The van der Waals surface area contributed by atoms with Crippen molar-refractivity contribution in [2.24, 2.45) is 5.92 Å². The molecule has 2 heterocycles. The highest BCUT2D eigenvalue weighted by atomic mass is 16.2. The Hall–Kier alpha value is -1.94. The average Bonchev–Trinajstić information content (AvgIpc) is 2.94. The maximum atomic E-state index is 11.8. The van der Waals surface area contributed by atoms with Gasteiger partial charge in [0.05, 0.1) is 6.04 Å². The monoisotopic (exact) mass is 270 g/mol. The topological polar surface area (TPSA) is 40.6 Å². The van der Waals surface area contributed by atoms with Crippen LogP contribution in [0.4, 0.5) is 0 Å². The Labute approximate surface area is 118 Å². The van der Waals surface area contributed by atoms with Crippen molar-refractivity contribution in [1.82, 2.24) is 9.80 Å². The zero-order chi connectivity index (χ0) is 14.1. The van der Waals surface area contributed by atoms with Gasteiger partial charge >= 0.3 is 0 Å². The smallest absolute Gasteiger partial charge is 0.253 e. The Balaban J connectivity index is 1.68. The number of carbonyl (C=O) groups excluding carboxylic acids is 2. The van der Waals surface area contributed by atoms with Crippen LogP contribution in [0.2, 0.25) is 0 Å². The van der Waals surface area contributed by atoms with Crippen LogP contribution in [0.3, 0.4) is 0 Å². The van der Waals surface area contributed by atoms with Gasteiger partial charge in [-0.05, 0) is 11.5 Å². The molecule has 0 aromatic heterocycles. The van der Waals surface area contributed by atoms with Crippen molar-refractivity contribution >= 4 is 11.8 Å². The highest BCUT2D eigenvalue weighted by molar-refractivity contribution is 6.13. The number of hydrogen-bond donors (Lipinski definition) is 0. The van der Waals surface area contributed by atoms with Crippen molar-refractivity contribution < 1.29 is 9.59 Å². The predicted molar refractivity (Wildman–Crippen MR) is 75.7 cm³/mol. The molecule has 2 unspecified atom stereocenters. The van der Waals surface area contributed by atoms with Gasteiger partial charge < -0.3 is 0 Å². The van der Waals surface area contributed by atoms with Gasteiger partial charge in [-0.15, -0.1) is 0 Å². The van der Waals surface area contributed by atoms with E-state index in [4.69, 9.17) is 0 Å². The van der Waals surface area contributed by atoms with Crippen LogP contribution < -0.4 is 0 Å². The summed E-state index contributed by atoms with van der Waals surface area (Å²) in [5, 5.41) is 0. The summed E-state index contributed by atoms with van der Waals surface area (Å²) in [6, 6.07) is 10.3. The Kier molecular flexibility index (Phi) is 3.40. The van der Waals surface area contributed by atoms with Crippen molar-refractivity contribution in [1.29, 1.82) is 0 Å². The van der Waals surface area contributed by atoms with Crippen molar-refractivity contribution in [2.75, 3.05) is 13.1 Å². The van der Waals surface area contributed by atoms with Crippen molar-refractivity contribution in [2.45, 2.75) is 19.5 Å². The average molecular weight is 270 g/mol. The first-order chi connectivity index (χ1) is 9.65. The summed E-state index contributed by atoms with van der Waals surface area (Å²) in [5.74, 6) is -0.0339. The Bertz CT molecular complexity index is 535. The molecule has 4 nitrogen and oxygen atoms in total. The summed E-state index contributed by atoms with van der Waals surface area (Å²) in [6.45, 7) is 4.64. The fourth-order valence-electron chi connectivity index (χ4n) is 3.09. The first-order valence-electron chi connectivity index (χ1n) is 6.96. The SMILES string of the molecule is CC1CN(Cc2ccccc2)CC1N1C(=O)C=CC1=O. The molecule has 4 heteroatoms. The number of benzene rings is 1. The molecule has 0 radical (unpaired) electrons. The fourth-order valence-corrected chi connectivity index (χ4v) is 3.09. The van der Waals surface area contributed by atoms with Gasteiger partial charge in [0, 0.05) is 31.8 Å². The number of amides is 2. The molecule has 1 aromatic rings. The van der Waals surface area contributed by atoms with Crippen LogP contribution >= 0.6 is 0 Å². The van der Waals surface area contributed by atoms with Crippen LogP contribution in [-0.2, 0) is 16.1 Å². The van der Waals surface area contributed by atoms with Crippen LogP contribution in [0.1, 0.15) is 12.5 Å². The van der Waals surface area contributed by atoms with Crippen molar-refractivity contribution in [3.05, 3.63) is 48.0 Å². The summed E-state index contributed by atoms with van der Waals surface area (Å²) in [6.07, 6.45) is 2.74. The molecule has 0 N–H and O–H groups in total. The second-order valence-electron chi connectivity index (χ2n) is 5.60. The third-order valence-corrected chi connectivity index (χ3v) is 4.07. The highest BCUT2D eigenvalue weighted by Crippen LogP contribution is 2.25. The summed E-state index contributed by atoms with van der Waals surface area (Å²) < 4.78 is 0. The lowest BCUT2D eigenvalue weighted by molar-refractivity contribution is -0.139. The lowest BCUT2D eigenvalue weighted by Crippen LogP contribution is -2.44. The van der Waals surface area contributed by atoms with Gasteiger partial charge in [-0.2, -0.15) is 0 Å². The van der Waals surface area contributed by atoms with Gasteiger partial charge in [0.2, 0.25) is 0 Å². The molecule has 2 atom stereocenters. The Morgan fingerprint density at radius 1 is 1.05 bits per heavy atom. The van der Waals surface area contributed by atoms with E-state index in [0.717, 1.165) is 19.6 Å². The number of carbonyl (C=O) groups is 2. The first kappa shape index (κ1) is 13.1. The molecule has 104 valence electrons. The number of imide groups is 1. The van der Waals surface area contributed by atoms with Gasteiger partial charge in [0.15, 0.2) is 0 Å². The molecule has 2 aliphatic heterocycles. The van der Waals surface area contributed by atoms with Crippen molar-refractivity contribution in [3.63, 3.8) is 0 Å². The second kappa shape index (κ2) is 5.21. The van der Waals surface area contributed by atoms with Gasteiger partial charge in [-0.1, -0.05) is 37.3 Å². The van der Waals surface area contributed by atoms with E-state index in [-0.39, 0.29) is 17.9 Å². The minimum atomic E-state index is -0.173. The molecule has 1 saturated heterocycles. The van der Waals surface area contributed by atoms with Crippen LogP contribution in [0.25, 0.3) is 0 Å². The molecule has 2 amide bonds. The van der Waals surface area contributed by atoms with E-state index >= 15 is 0 Å². The molecule has 0 saturated carbocycles. The lowest BCUT2D eigenvalue weighted by atomic mass is 10.1. The largest absolute Gasteiger partial charge is 0.297 e. The summed E-state index contributed by atoms with van der Waals surface area (Å²) in [4.78, 5) is 27.3. The molecule has 1 aromatic carbocycles. The first-order valence-corrected chi connectivity index (χ1v) is 6.96. The van der Waals surface area contributed by atoms with E-state index in [0.29, 0.717) is 5.92 Å². The summed E-state index contributed by atoms with van der Waals surface area (Å²) in [7, 11) is 0. The molecule has 2 aliphatic rings.